The maximum absolute atomic E-state index is 6.07. The van der Waals surface area contributed by atoms with Crippen LogP contribution in [0.15, 0.2) is 61.1 Å². The normalized spacial score (nSPS) is 11.0. The number of hydrogen-bond donors (Lipinski definition) is 2. The Hall–Kier alpha value is -2.85. The summed E-state index contributed by atoms with van der Waals surface area (Å²) in [5, 5.41) is 5.06. The van der Waals surface area contributed by atoms with Crippen LogP contribution in [0.5, 0.6) is 0 Å². The predicted octanol–water partition coefficient (Wildman–Crippen LogP) is 5.12. The molecule has 1 aromatic carbocycles. The van der Waals surface area contributed by atoms with E-state index in [1.807, 2.05) is 24.5 Å². The monoisotopic (exact) mass is 362 g/mol. The van der Waals surface area contributed by atoms with E-state index in [0.29, 0.717) is 5.02 Å². The number of pyridine rings is 2. The number of rotatable bonds is 5. The molecule has 5 heteroatoms. The fourth-order valence-corrected chi connectivity index (χ4v) is 3.09. The van der Waals surface area contributed by atoms with E-state index in [-0.39, 0.29) is 0 Å². The minimum absolute atomic E-state index is 0.645. The van der Waals surface area contributed by atoms with Crippen molar-refractivity contribution >= 4 is 28.5 Å². The van der Waals surface area contributed by atoms with Crippen molar-refractivity contribution < 1.29 is 0 Å². The molecule has 0 aliphatic carbocycles. The zero-order valence-corrected chi connectivity index (χ0v) is 15.2. The minimum atomic E-state index is 0.645. The maximum Gasteiger partial charge on any atom is 0.137 e. The molecule has 4 rings (SSSR count). The van der Waals surface area contributed by atoms with E-state index in [4.69, 9.17) is 11.6 Å². The third kappa shape index (κ3) is 3.70. The number of hydrogen-bond acceptors (Lipinski definition) is 3. The zero-order valence-electron chi connectivity index (χ0n) is 14.5. The van der Waals surface area contributed by atoms with Gasteiger partial charge in [-0.3, -0.25) is 0 Å². The summed E-state index contributed by atoms with van der Waals surface area (Å²) >= 11 is 6.07. The highest BCUT2D eigenvalue weighted by molar-refractivity contribution is 6.31. The third-order valence-corrected chi connectivity index (χ3v) is 4.60. The predicted molar refractivity (Wildman–Crippen MR) is 107 cm³/mol. The quantitative estimate of drug-likeness (QED) is 0.518. The SMILES string of the molecule is Cc1ccc(CNc2ccc(Cc3c[nH]c4ncc(Cl)cc34)cn2)cc1. The summed E-state index contributed by atoms with van der Waals surface area (Å²) in [5.41, 5.74) is 5.67. The molecule has 3 aromatic heterocycles. The smallest absolute Gasteiger partial charge is 0.137 e. The molecular weight excluding hydrogens is 344 g/mol. The number of nitrogens with zero attached hydrogens (tertiary/aromatic N) is 2. The molecule has 0 radical (unpaired) electrons. The number of nitrogens with one attached hydrogen (secondary N) is 2. The van der Waals surface area contributed by atoms with Crippen molar-refractivity contribution in [2.24, 2.45) is 0 Å². The van der Waals surface area contributed by atoms with Crippen molar-refractivity contribution in [1.29, 1.82) is 0 Å². The van der Waals surface area contributed by atoms with Gasteiger partial charge >= 0.3 is 0 Å². The summed E-state index contributed by atoms with van der Waals surface area (Å²) in [4.78, 5) is 12.0. The van der Waals surface area contributed by atoms with Crippen LogP contribution >= 0.6 is 11.6 Å². The van der Waals surface area contributed by atoms with Crippen molar-refractivity contribution in [1.82, 2.24) is 15.0 Å². The number of anilines is 1. The van der Waals surface area contributed by atoms with Crippen molar-refractivity contribution in [2.75, 3.05) is 5.32 Å². The van der Waals surface area contributed by atoms with Gasteiger partial charge in [0.25, 0.3) is 0 Å². The molecule has 4 aromatic rings. The van der Waals surface area contributed by atoms with Gasteiger partial charge in [0.2, 0.25) is 0 Å². The van der Waals surface area contributed by atoms with Gasteiger partial charge in [-0.25, -0.2) is 9.97 Å². The molecule has 130 valence electrons. The Labute approximate surface area is 157 Å². The van der Waals surface area contributed by atoms with Gasteiger partial charge in [0.1, 0.15) is 11.5 Å². The van der Waals surface area contributed by atoms with Gasteiger partial charge in [-0.1, -0.05) is 47.5 Å². The lowest BCUT2D eigenvalue weighted by Crippen LogP contribution is -2.01. The van der Waals surface area contributed by atoms with Crippen LogP contribution < -0.4 is 5.32 Å². The Morgan fingerprint density at radius 2 is 1.81 bits per heavy atom. The highest BCUT2D eigenvalue weighted by atomic mass is 35.5. The van der Waals surface area contributed by atoms with E-state index in [2.05, 4.69) is 57.5 Å². The van der Waals surface area contributed by atoms with Gasteiger partial charge in [-0.2, -0.15) is 0 Å². The van der Waals surface area contributed by atoms with Gasteiger partial charge in [-0.15, -0.1) is 0 Å². The van der Waals surface area contributed by atoms with Crippen molar-refractivity contribution in [3.05, 3.63) is 88.3 Å². The first-order valence-electron chi connectivity index (χ1n) is 8.53. The molecule has 0 fully saturated rings. The average Bonchev–Trinajstić information content (AvgIpc) is 3.04. The Bertz CT molecular complexity index is 1020. The second-order valence-electron chi connectivity index (χ2n) is 6.43. The molecule has 0 aliphatic heterocycles. The van der Waals surface area contributed by atoms with E-state index in [0.717, 1.165) is 40.9 Å². The summed E-state index contributed by atoms with van der Waals surface area (Å²) in [6.45, 7) is 2.86. The van der Waals surface area contributed by atoms with E-state index >= 15 is 0 Å². The summed E-state index contributed by atoms with van der Waals surface area (Å²) in [6.07, 6.45) is 6.33. The molecule has 0 saturated heterocycles. The van der Waals surface area contributed by atoms with Gasteiger partial charge in [0.05, 0.1) is 5.02 Å². The fraction of sp³-hybridized carbons (Fsp3) is 0.143. The Balaban J connectivity index is 1.43. The molecule has 0 amide bonds. The lowest BCUT2D eigenvalue weighted by Gasteiger charge is -2.07. The summed E-state index contributed by atoms with van der Waals surface area (Å²) in [7, 11) is 0. The second kappa shape index (κ2) is 7.18. The Kier molecular flexibility index (Phi) is 4.59. The van der Waals surface area contributed by atoms with Crippen LogP contribution in [0.4, 0.5) is 5.82 Å². The largest absolute Gasteiger partial charge is 0.366 e. The number of aryl methyl sites for hydroxylation is 1. The number of H-pyrrole nitrogens is 1. The lowest BCUT2D eigenvalue weighted by atomic mass is 10.1. The van der Waals surface area contributed by atoms with Gasteiger partial charge < -0.3 is 10.3 Å². The molecule has 4 nitrogen and oxygen atoms in total. The number of aromatic nitrogens is 3. The van der Waals surface area contributed by atoms with Crippen LogP contribution in [0.3, 0.4) is 0 Å². The molecule has 0 unspecified atom stereocenters. The second-order valence-corrected chi connectivity index (χ2v) is 6.87. The van der Waals surface area contributed by atoms with Gasteiger partial charge in [-0.05, 0) is 35.7 Å². The van der Waals surface area contributed by atoms with E-state index in [9.17, 15) is 0 Å². The molecule has 0 saturated carbocycles. The molecule has 26 heavy (non-hydrogen) atoms. The van der Waals surface area contributed by atoms with E-state index in [1.54, 1.807) is 6.20 Å². The number of aromatic amines is 1. The van der Waals surface area contributed by atoms with Crippen molar-refractivity contribution in [3.8, 4) is 0 Å². The van der Waals surface area contributed by atoms with Crippen LogP contribution in [0.2, 0.25) is 5.02 Å². The summed E-state index contributed by atoms with van der Waals surface area (Å²) in [5.74, 6) is 0.873. The van der Waals surface area contributed by atoms with Crippen molar-refractivity contribution in [3.63, 3.8) is 0 Å². The molecule has 0 spiro atoms. The Morgan fingerprint density at radius 1 is 1.00 bits per heavy atom. The van der Waals surface area contributed by atoms with Crippen LogP contribution in [0.1, 0.15) is 22.3 Å². The van der Waals surface area contributed by atoms with Gasteiger partial charge in [0.15, 0.2) is 0 Å². The Morgan fingerprint density at radius 3 is 2.58 bits per heavy atom. The van der Waals surface area contributed by atoms with E-state index < -0.39 is 0 Å². The minimum Gasteiger partial charge on any atom is -0.366 e. The lowest BCUT2D eigenvalue weighted by molar-refractivity contribution is 1.09. The summed E-state index contributed by atoms with van der Waals surface area (Å²) in [6, 6.07) is 14.6. The molecule has 2 N–H and O–H groups in total. The van der Waals surface area contributed by atoms with Crippen LogP contribution in [0.25, 0.3) is 11.0 Å². The van der Waals surface area contributed by atoms with Crippen molar-refractivity contribution in [2.45, 2.75) is 19.9 Å². The third-order valence-electron chi connectivity index (χ3n) is 4.40. The zero-order chi connectivity index (χ0) is 17.9. The first-order chi connectivity index (χ1) is 12.7. The molecular formula is C21H19ClN4. The first-order valence-corrected chi connectivity index (χ1v) is 8.91. The van der Waals surface area contributed by atoms with Crippen LogP contribution in [-0.2, 0) is 13.0 Å². The van der Waals surface area contributed by atoms with Crippen LogP contribution in [0, 0.1) is 6.92 Å². The molecule has 0 atom stereocenters. The summed E-state index contributed by atoms with van der Waals surface area (Å²) < 4.78 is 0. The topological polar surface area (TPSA) is 53.6 Å². The number of fused-ring (bicyclic) bond motifs is 1. The maximum atomic E-state index is 6.07. The molecule has 0 aliphatic rings. The van der Waals surface area contributed by atoms with Gasteiger partial charge in [0, 0.05) is 36.9 Å². The molecule has 0 bridgehead atoms. The average molecular weight is 363 g/mol. The number of halogens is 1. The fourth-order valence-electron chi connectivity index (χ4n) is 2.93. The highest BCUT2D eigenvalue weighted by Crippen LogP contribution is 2.22. The van der Waals surface area contributed by atoms with E-state index in [1.165, 1.54) is 11.1 Å². The standard InChI is InChI=1S/C21H19ClN4/c1-14-2-4-15(5-3-14)10-23-20-7-6-16(11-24-20)8-17-12-25-21-19(17)9-18(22)13-26-21/h2-7,9,11-13H,8,10H2,1H3,(H,23,24)(H,25,26). The molecule has 3 heterocycles. The highest BCUT2D eigenvalue weighted by Gasteiger charge is 2.07. The number of benzene rings is 1. The first kappa shape index (κ1) is 16.6. The van der Waals surface area contributed by atoms with Crippen LogP contribution in [-0.4, -0.2) is 15.0 Å².